The highest BCUT2D eigenvalue weighted by atomic mass is 16.2. The van der Waals surface area contributed by atoms with Gasteiger partial charge in [0.25, 0.3) is 5.56 Å². The quantitative estimate of drug-likeness (QED) is 0.683. The second-order valence-corrected chi connectivity index (χ2v) is 3.87. The molecule has 0 aliphatic heterocycles. The average molecular weight is 240 g/mol. The Hall–Kier alpha value is -2.05. The normalized spacial score (nSPS) is 12.4. The minimum atomic E-state index is -0.604. The number of hydrogen-bond acceptors (Lipinski definition) is 4. The van der Waals surface area contributed by atoms with Crippen LogP contribution in [0.3, 0.4) is 0 Å². The van der Waals surface area contributed by atoms with Crippen molar-refractivity contribution in [2.75, 3.05) is 5.73 Å². The van der Waals surface area contributed by atoms with Crippen LogP contribution in [0, 0.1) is 5.92 Å². The third kappa shape index (κ3) is 2.55. The summed E-state index contributed by atoms with van der Waals surface area (Å²) in [5.41, 5.74) is 9.51. The van der Waals surface area contributed by atoms with Crippen LogP contribution >= 0.6 is 0 Å². The molecular formula is C10H16N4O3. The molecule has 0 aromatic carbocycles. The van der Waals surface area contributed by atoms with E-state index in [1.807, 2.05) is 0 Å². The molecule has 0 fully saturated rings. The smallest absolute Gasteiger partial charge is 0.331 e. The molecule has 1 unspecified atom stereocenters. The van der Waals surface area contributed by atoms with Crippen LogP contribution < -0.4 is 22.7 Å². The van der Waals surface area contributed by atoms with Crippen LogP contribution in [0.1, 0.15) is 13.8 Å². The second kappa shape index (κ2) is 4.86. The maximum Gasteiger partial charge on any atom is 0.331 e. The van der Waals surface area contributed by atoms with E-state index < -0.39 is 23.1 Å². The zero-order valence-electron chi connectivity index (χ0n) is 9.84. The first-order valence-corrected chi connectivity index (χ1v) is 5.27. The summed E-state index contributed by atoms with van der Waals surface area (Å²) >= 11 is 0. The van der Waals surface area contributed by atoms with Crippen LogP contribution in [-0.2, 0) is 17.9 Å². The Morgan fingerprint density at radius 1 is 1.47 bits per heavy atom. The molecule has 0 radical (unpaired) electrons. The zero-order chi connectivity index (χ0) is 13.2. The lowest BCUT2D eigenvalue weighted by atomic mass is 10.2. The number of amides is 1. The molecule has 4 N–H and O–H groups in total. The maximum absolute atomic E-state index is 11.8. The van der Waals surface area contributed by atoms with Gasteiger partial charge in [0.05, 0.1) is 5.92 Å². The molecule has 1 heterocycles. The van der Waals surface area contributed by atoms with Gasteiger partial charge >= 0.3 is 5.69 Å². The Labute approximate surface area is 97.6 Å². The van der Waals surface area contributed by atoms with Gasteiger partial charge in [0, 0.05) is 19.3 Å². The monoisotopic (exact) mass is 240 g/mol. The van der Waals surface area contributed by atoms with Gasteiger partial charge in [0.1, 0.15) is 5.69 Å². The van der Waals surface area contributed by atoms with E-state index in [4.69, 9.17) is 11.5 Å². The number of nitrogens with zero attached hydrogens (tertiary/aromatic N) is 2. The Bertz CT molecular complexity index is 543. The number of hydrogen-bond donors (Lipinski definition) is 2. The van der Waals surface area contributed by atoms with Crippen molar-refractivity contribution in [1.82, 2.24) is 9.13 Å². The predicted molar refractivity (Wildman–Crippen MR) is 63.4 cm³/mol. The number of nitrogens with two attached hydrogens (primary N) is 2. The van der Waals surface area contributed by atoms with E-state index in [1.165, 1.54) is 10.8 Å². The van der Waals surface area contributed by atoms with Crippen molar-refractivity contribution in [3.63, 3.8) is 0 Å². The summed E-state index contributed by atoms with van der Waals surface area (Å²) in [7, 11) is 0. The van der Waals surface area contributed by atoms with Gasteiger partial charge < -0.3 is 11.5 Å². The van der Waals surface area contributed by atoms with Gasteiger partial charge in [-0.15, -0.1) is 0 Å². The second-order valence-electron chi connectivity index (χ2n) is 3.87. The topological polar surface area (TPSA) is 113 Å². The lowest BCUT2D eigenvalue weighted by Gasteiger charge is -2.12. The Morgan fingerprint density at radius 3 is 2.53 bits per heavy atom. The molecule has 1 amide bonds. The molecule has 1 rings (SSSR count). The first-order valence-electron chi connectivity index (χ1n) is 5.27. The van der Waals surface area contributed by atoms with Crippen LogP contribution in [0.4, 0.5) is 5.69 Å². The standard InChI is InChI=1S/C10H16N4O3/c1-3-13-5-7(11)9(16)14(10(13)17)4-6(2)8(12)15/h5-6H,3-4,11H2,1-2H3,(H2,12,15). The van der Waals surface area contributed by atoms with Crippen LogP contribution in [-0.4, -0.2) is 15.0 Å². The molecule has 0 aliphatic carbocycles. The van der Waals surface area contributed by atoms with Gasteiger partial charge in [-0.1, -0.05) is 6.92 Å². The van der Waals surface area contributed by atoms with Crippen LogP contribution in [0.5, 0.6) is 0 Å². The Kier molecular flexibility index (Phi) is 3.72. The van der Waals surface area contributed by atoms with E-state index in [0.29, 0.717) is 6.54 Å². The molecule has 0 bridgehead atoms. The van der Waals surface area contributed by atoms with Crippen LogP contribution in [0.15, 0.2) is 15.8 Å². The van der Waals surface area contributed by atoms with Crippen molar-refractivity contribution < 1.29 is 4.79 Å². The van der Waals surface area contributed by atoms with E-state index in [0.717, 1.165) is 4.57 Å². The van der Waals surface area contributed by atoms with Gasteiger partial charge in [-0.2, -0.15) is 0 Å². The first-order chi connectivity index (χ1) is 7.88. The van der Waals surface area contributed by atoms with E-state index in [-0.39, 0.29) is 12.2 Å². The van der Waals surface area contributed by atoms with Crippen molar-refractivity contribution in [2.45, 2.75) is 26.9 Å². The number of carbonyl (C=O) groups is 1. The lowest BCUT2D eigenvalue weighted by Crippen LogP contribution is -2.43. The van der Waals surface area contributed by atoms with E-state index >= 15 is 0 Å². The van der Waals surface area contributed by atoms with Crippen LogP contribution in [0.25, 0.3) is 0 Å². The fourth-order valence-corrected chi connectivity index (χ4v) is 1.43. The van der Waals surface area contributed by atoms with Crippen LogP contribution in [0.2, 0.25) is 0 Å². The molecule has 94 valence electrons. The highest BCUT2D eigenvalue weighted by Crippen LogP contribution is 1.97. The number of rotatable bonds is 4. The maximum atomic E-state index is 11.8. The van der Waals surface area contributed by atoms with Gasteiger partial charge in [-0.05, 0) is 6.92 Å². The molecule has 17 heavy (non-hydrogen) atoms. The third-order valence-electron chi connectivity index (χ3n) is 2.55. The summed E-state index contributed by atoms with van der Waals surface area (Å²) in [5.74, 6) is -1.17. The SMILES string of the molecule is CCn1cc(N)c(=O)n(CC(C)C(N)=O)c1=O. The van der Waals surface area contributed by atoms with Gasteiger partial charge in [-0.3, -0.25) is 18.7 Å². The minimum Gasteiger partial charge on any atom is -0.393 e. The number of carbonyl (C=O) groups excluding carboxylic acids is 1. The lowest BCUT2D eigenvalue weighted by molar-refractivity contribution is -0.121. The summed E-state index contributed by atoms with van der Waals surface area (Å²) in [6, 6.07) is 0. The molecule has 1 aromatic heterocycles. The van der Waals surface area contributed by atoms with Crippen molar-refractivity contribution in [3.8, 4) is 0 Å². The molecule has 0 spiro atoms. The van der Waals surface area contributed by atoms with Crippen molar-refractivity contribution in [2.24, 2.45) is 11.7 Å². The highest BCUT2D eigenvalue weighted by molar-refractivity contribution is 5.76. The zero-order valence-corrected chi connectivity index (χ0v) is 9.84. The number of aromatic nitrogens is 2. The van der Waals surface area contributed by atoms with Crippen molar-refractivity contribution in [1.29, 1.82) is 0 Å². The molecule has 0 aliphatic rings. The fourth-order valence-electron chi connectivity index (χ4n) is 1.43. The number of nitrogen functional groups attached to an aromatic ring is 1. The molecule has 1 atom stereocenters. The molecule has 7 heteroatoms. The molecule has 0 saturated heterocycles. The highest BCUT2D eigenvalue weighted by Gasteiger charge is 2.15. The summed E-state index contributed by atoms with van der Waals surface area (Å²) < 4.78 is 2.25. The van der Waals surface area contributed by atoms with Gasteiger partial charge in [-0.25, -0.2) is 4.79 Å². The van der Waals surface area contributed by atoms with Crippen molar-refractivity contribution in [3.05, 3.63) is 27.0 Å². The average Bonchev–Trinajstić information content (AvgIpc) is 2.28. The Balaban J connectivity index is 3.32. The molecule has 1 aromatic rings. The summed E-state index contributed by atoms with van der Waals surface area (Å²) in [6.07, 6.45) is 1.30. The van der Waals surface area contributed by atoms with E-state index in [1.54, 1.807) is 13.8 Å². The number of anilines is 1. The van der Waals surface area contributed by atoms with E-state index in [9.17, 15) is 14.4 Å². The van der Waals surface area contributed by atoms with E-state index in [2.05, 4.69) is 0 Å². The summed E-state index contributed by atoms with van der Waals surface area (Å²) in [5, 5.41) is 0. The first kappa shape index (κ1) is 13.0. The number of primary amides is 1. The fraction of sp³-hybridized carbons (Fsp3) is 0.500. The molecule has 0 saturated carbocycles. The largest absolute Gasteiger partial charge is 0.393 e. The molecular weight excluding hydrogens is 224 g/mol. The molecule has 7 nitrogen and oxygen atoms in total. The summed E-state index contributed by atoms with van der Waals surface area (Å²) in [4.78, 5) is 34.5. The predicted octanol–water partition coefficient (Wildman–Crippen LogP) is -1.27. The Morgan fingerprint density at radius 2 is 2.06 bits per heavy atom. The van der Waals surface area contributed by atoms with Gasteiger partial charge in [0.15, 0.2) is 0 Å². The van der Waals surface area contributed by atoms with Crippen molar-refractivity contribution >= 4 is 11.6 Å². The minimum absolute atomic E-state index is 0.0249. The number of aryl methyl sites for hydroxylation is 1. The third-order valence-corrected chi connectivity index (χ3v) is 2.55. The van der Waals surface area contributed by atoms with Gasteiger partial charge in [0.2, 0.25) is 5.91 Å². The summed E-state index contributed by atoms with van der Waals surface area (Å²) in [6.45, 7) is 3.65.